The Balaban J connectivity index is 0.989. The molecule has 246 valence electrons. The highest BCUT2D eigenvalue weighted by Crippen LogP contribution is 2.29. The second kappa shape index (κ2) is 15.1. The average molecular weight is 649 g/mol. The Morgan fingerprint density at radius 2 is 1.23 bits per heavy atom. The molecule has 2 saturated heterocycles. The zero-order chi connectivity index (χ0) is 33.5. The molecule has 4 aromatic carbocycles. The summed E-state index contributed by atoms with van der Waals surface area (Å²) in [6, 6.07) is 26.2. The van der Waals surface area contributed by atoms with Gasteiger partial charge in [0.25, 0.3) is 0 Å². The molecule has 0 spiro atoms. The summed E-state index contributed by atoms with van der Waals surface area (Å²) in [5.74, 6) is 0.663. The van der Waals surface area contributed by atoms with Crippen molar-refractivity contribution in [3.05, 3.63) is 127 Å². The van der Waals surface area contributed by atoms with E-state index in [2.05, 4.69) is 6.58 Å². The third-order valence-electron chi connectivity index (χ3n) is 8.87. The second-order valence-corrected chi connectivity index (χ2v) is 12.1. The largest absolute Gasteiger partial charge is 0.490 e. The molecule has 0 N–H and O–H groups in total. The van der Waals surface area contributed by atoms with Crippen LogP contribution in [-0.4, -0.2) is 60.0 Å². The van der Waals surface area contributed by atoms with Crippen molar-refractivity contribution < 1.29 is 27.8 Å². The smallest absolute Gasteiger partial charge is 0.246 e. The van der Waals surface area contributed by atoms with Gasteiger partial charge in [0.2, 0.25) is 11.8 Å². The van der Waals surface area contributed by atoms with Gasteiger partial charge in [-0.3, -0.25) is 9.59 Å². The van der Waals surface area contributed by atoms with E-state index in [9.17, 15) is 18.4 Å². The number of likely N-dealkylation sites (tertiary alicyclic amines) is 2. The van der Waals surface area contributed by atoms with Crippen molar-refractivity contribution in [2.45, 2.75) is 37.9 Å². The number of piperidine rings is 2. The van der Waals surface area contributed by atoms with Crippen LogP contribution in [0.15, 0.2) is 110 Å². The van der Waals surface area contributed by atoms with Crippen LogP contribution in [0.2, 0.25) is 0 Å². The molecule has 8 heteroatoms. The first kappa shape index (κ1) is 32.7. The van der Waals surface area contributed by atoms with Gasteiger partial charge in [0.15, 0.2) is 0 Å². The molecule has 0 bridgehead atoms. The van der Waals surface area contributed by atoms with Crippen molar-refractivity contribution in [1.82, 2.24) is 9.80 Å². The van der Waals surface area contributed by atoms with Crippen molar-refractivity contribution >= 4 is 17.9 Å². The normalized spacial score (nSPS) is 15.8. The van der Waals surface area contributed by atoms with Gasteiger partial charge in [-0.25, -0.2) is 8.78 Å². The first-order valence-electron chi connectivity index (χ1n) is 16.3. The summed E-state index contributed by atoms with van der Waals surface area (Å²) in [4.78, 5) is 28.4. The maximum atomic E-state index is 14.9. The lowest BCUT2D eigenvalue weighted by Gasteiger charge is -2.31. The van der Waals surface area contributed by atoms with Crippen LogP contribution in [0.4, 0.5) is 8.78 Å². The summed E-state index contributed by atoms with van der Waals surface area (Å²) in [5.41, 5.74) is 3.59. The van der Waals surface area contributed by atoms with Crippen LogP contribution in [0, 0.1) is 11.6 Å². The molecule has 0 atom stereocenters. The van der Waals surface area contributed by atoms with Crippen LogP contribution in [0.3, 0.4) is 0 Å². The van der Waals surface area contributed by atoms with Crippen LogP contribution in [0.1, 0.15) is 31.2 Å². The lowest BCUT2D eigenvalue weighted by molar-refractivity contribution is -0.128. The van der Waals surface area contributed by atoms with Crippen LogP contribution >= 0.6 is 0 Å². The van der Waals surface area contributed by atoms with Crippen molar-refractivity contribution in [2.24, 2.45) is 0 Å². The lowest BCUT2D eigenvalue weighted by Crippen LogP contribution is -2.41. The predicted molar refractivity (Wildman–Crippen MR) is 183 cm³/mol. The number of benzene rings is 4. The SMILES string of the molecule is C=CC(=O)N1CCC(Oc2ccc(-c3cc(/C=C/C(=O)N4CCC(Oc5ccc(-c6cccc(F)c6)cc5)CC4)ccc3F)cc2)CC1. The van der Waals surface area contributed by atoms with Crippen LogP contribution < -0.4 is 9.47 Å². The predicted octanol–water partition coefficient (Wildman–Crippen LogP) is 7.94. The zero-order valence-corrected chi connectivity index (χ0v) is 26.7. The molecule has 0 radical (unpaired) electrons. The Morgan fingerprint density at radius 1 is 0.667 bits per heavy atom. The molecule has 48 heavy (non-hydrogen) atoms. The molecule has 2 amide bonds. The summed E-state index contributed by atoms with van der Waals surface area (Å²) < 4.78 is 40.7. The molecule has 2 heterocycles. The first-order chi connectivity index (χ1) is 23.3. The van der Waals surface area contributed by atoms with E-state index >= 15 is 0 Å². The number of amides is 2. The summed E-state index contributed by atoms with van der Waals surface area (Å²) in [5, 5.41) is 0. The molecule has 0 saturated carbocycles. The minimum Gasteiger partial charge on any atom is -0.490 e. The van der Waals surface area contributed by atoms with E-state index < -0.39 is 0 Å². The number of carbonyl (C=O) groups is 2. The van der Waals surface area contributed by atoms with Crippen molar-refractivity contribution in [2.75, 3.05) is 26.2 Å². The van der Waals surface area contributed by atoms with Crippen molar-refractivity contribution in [1.29, 1.82) is 0 Å². The molecule has 2 fully saturated rings. The second-order valence-electron chi connectivity index (χ2n) is 12.1. The standard InChI is InChI=1S/C40H38F2N2O4/c1-2-39(45)43-22-18-35(19-23-43)48-34-14-10-30(11-15-34)37-26-28(6-16-38(37)42)7-17-40(46)44-24-20-36(21-25-44)47-33-12-8-29(9-13-33)31-4-3-5-32(41)27-31/h2-17,26-27,35-36H,1,18-25H2/b17-7+. The Morgan fingerprint density at radius 3 is 1.79 bits per heavy atom. The maximum absolute atomic E-state index is 14.9. The summed E-state index contributed by atoms with van der Waals surface area (Å²) in [7, 11) is 0. The Bertz CT molecular complexity index is 1770. The third-order valence-corrected chi connectivity index (χ3v) is 8.87. The zero-order valence-electron chi connectivity index (χ0n) is 26.7. The third kappa shape index (κ3) is 8.18. The number of hydrogen-bond acceptors (Lipinski definition) is 4. The lowest BCUT2D eigenvalue weighted by atomic mass is 10.0. The minimum atomic E-state index is -0.350. The van der Waals surface area contributed by atoms with E-state index in [4.69, 9.17) is 9.47 Å². The van der Waals surface area contributed by atoms with E-state index in [1.807, 2.05) is 54.6 Å². The van der Waals surface area contributed by atoms with Gasteiger partial charge >= 0.3 is 0 Å². The molecular formula is C40H38F2N2O4. The molecule has 2 aliphatic rings. The van der Waals surface area contributed by atoms with Gasteiger partial charge < -0.3 is 19.3 Å². The number of rotatable bonds is 9. The Kier molecular flexibility index (Phi) is 10.3. The molecule has 4 aromatic rings. The van der Waals surface area contributed by atoms with E-state index in [1.54, 1.807) is 34.1 Å². The summed E-state index contributed by atoms with van der Waals surface area (Å²) >= 11 is 0. The fourth-order valence-electron chi connectivity index (χ4n) is 6.15. The highest BCUT2D eigenvalue weighted by molar-refractivity contribution is 5.92. The highest BCUT2D eigenvalue weighted by Gasteiger charge is 2.24. The number of hydrogen-bond donors (Lipinski definition) is 0. The first-order valence-corrected chi connectivity index (χ1v) is 16.3. The summed E-state index contributed by atoms with van der Waals surface area (Å²) in [6.07, 6.45) is 7.49. The average Bonchev–Trinajstić information content (AvgIpc) is 3.12. The van der Waals surface area contributed by atoms with Crippen LogP contribution in [0.25, 0.3) is 28.3 Å². The van der Waals surface area contributed by atoms with Gasteiger partial charge in [-0.15, -0.1) is 0 Å². The number of carbonyl (C=O) groups excluding carboxylic acids is 2. The van der Waals surface area contributed by atoms with Gasteiger partial charge in [0.05, 0.1) is 0 Å². The summed E-state index contributed by atoms with van der Waals surface area (Å²) in [6.45, 7) is 5.95. The van der Waals surface area contributed by atoms with Crippen LogP contribution in [0.5, 0.6) is 11.5 Å². The number of halogens is 2. The van der Waals surface area contributed by atoms with Gasteiger partial charge in [0.1, 0.15) is 35.3 Å². The van der Waals surface area contributed by atoms with E-state index in [-0.39, 0.29) is 35.7 Å². The quantitative estimate of drug-likeness (QED) is 0.173. The molecule has 0 aromatic heterocycles. The number of nitrogens with zero attached hydrogens (tertiary/aromatic N) is 2. The monoisotopic (exact) mass is 648 g/mol. The Labute approximate surface area is 279 Å². The molecule has 2 aliphatic heterocycles. The van der Waals surface area contributed by atoms with Crippen molar-refractivity contribution in [3.63, 3.8) is 0 Å². The Hall–Kier alpha value is -5.24. The van der Waals surface area contributed by atoms with E-state index in [0.29, 0.717) is 55.9 Å². The van der Waals surface area contributed by atoms with E-state index in [1.165, 1.54) is 30.4 Å². The molecule has 6 nitrogen and oxygen atoms in total. The number of ether oxygens (including phenoxy) is 2. The van der Waals surface area contributed by atoms with Gasteiger partial charge in [-0.2, -0.15) is 0 Å². The minimum absolute atomic E-state index is 0.00413. The van der Waals surface area contributed by atoms with Crippen molar-refractivity contribution in [3.8, 4) is 33.8 Å². The maximum Gasteiger partial charge on any atom is 0.246 e. The molecule has 6 rings (SSSR count). The molecule has 0 aliphatic carbocycles. The topological polar surface area (TPSA) is 59.1 Å². The van der Waals surface area contributed by atoms with Crippen LogP contribution in [-0.2, 0) is 9.59 Å². The van der Waals surface area contributed by atoms with Gasteiger partial charge in [-0.05, 0) is 82.9 Å². The fourth-order valence-corrected chi connectivity index (χ4v) is 6.15. The molecule has 0 unspecified atom stereocenters. The van der Waals surface area contributed by atoms with Gasteiger partial charge in [-0.1, -0.05) is 49.0 Å². The van der Waals surface area contributed by atoms with E-state index in [0.717, 1.165) is 35.3 Å². The highest BCUT2D eigenvalue weighted by atomic mass is 19.1. The molecular weight excluding hydrogens is 610 g/mol. The van der Waals surface area contributed by atoms with Gasteiger partial charge in [0, 0.05) is 63.5 Å². The fraction of sp³-hybridized carbons (Fsp3) is 0.250.